The Kier molecular flexibility index (Phi) is 1.85. The average molecular weight is 186 g/mol. The van der Waals surface area contributed by atoms with Gasteiger partial charge in [0.15, 0.2) is 0 Å². The van der Waals surface area contributed by atoms with Gasteiger partial charge in [-0.1, -0.05) is 5.46 Å². The highest BCUT2D eigenvalue weighted by Crippen LogP contribution is 2.08. The van der Waals surface area contributed by atoms with Crippen molar-refractivity contribution >= 4 is 29.2 Å². The van der Waals surface area contributed by atoms with Gasteiger partial charge in [-0.3, -0.25) is 0 Å². The molecule has 1 rings (SSSR count). The first-order valence-corrected chi connectivity index (χ1v) is 3.06. The quantitative estimate of drug-likeness (QED) is 0.430. The van der Waals surface area contributed by atoms with Gasteiger partial charge in [-0.2, -0.15) is 4.39 Å². The van der Waals surface area contributed by atoms with Crippen LogP contribution in [0.15, 0.2) is 16.7 Å². The van der Waals surface area contributed by atoms with Gasteiger partial charge in [-0.05, 0) is 22.0 Å². The summed E-state index contributed by atoms with van der Waals surface area (Å²) < 4.78 is 12.6. The molecular weight excluding hydrogens is 184 g/mol. The standard InChI is InChI=1S/C5H2BBrFN/c6-3-1-4(7)5(8)9-2-3/h1-2H. The lowest BCUT2D eigenvalue weighted by Crippen LogP contribution is -2.03. The minimum absolute atomic E-state index is 0.294. The molecule has 0 aliphatic carbocycles. The van der Waals surface area contributed by atoms with Crippen molar-refractivity contribution < 1.29 is 4.39 Å². The number of pyridine rings is 1. The largest absolute Gasteiger partial charge is 0.228 e. The van der Waals surface area contributed by atoms with Crippen LogP contribution in [0.2, 0.25) is 0 Å². The lowest BCUT2D eigenvalue weighted by Gasteiger charge is -1.92. The number of nitrogens with zero attached hydrogens (tertiary/aromatic N) is 1. The van der Waals surface area contributed by atoms with E-state index in [0.717, 1.165) is 0 Å². The summed E-state index contributed by atoms with van der Waals surface area (Å²) in [5.74, 6) is -0.538. The van der Waals surface area contributed by atoms with E-state index in [1.165, 1.54) is 12.3 Å². The molecule has 0 unspecified atom stereocenters. The molecule has 0 spiro atoms. The molecule has 9 heavy (non-hydrogen) atoms. The van der Waals surface area contributed by atoms with E-state index < -0.39 is 5.95 Å². The van der Waals surface area contributed by atoms with Gasteiger partial charge in [-0.15, -0.1) is 0 Å². The molecule has 0 saturated heterocycles. The number of rotatable bonds is 0. The zero-order valence-electron chi connectivity index (χ0n) is 4.44. The predicted octanol–water partition coefficient (Wildman–Crippen LogP) is 0.777. The molecule has 0 aliphatic heterocycles. The number of halogens is 2. The van der Waals surface area contributed by atoms with Crippen LogP contribution in [0, 0.1) is 5.95 Å². The molecule has 0 aliphatic rings. The Morgan fingerprint density at radius 2 is 2.33 bits per heavy atom. The van der Waals surface area contributed by atoms with Crippen molar-refractivity contribution in [1.29, 1.82) is 0 Å². The number of hydrogen-bond acceptors (Lipinski definition) is 1. The normalized spacial score (nSPS) is 9.56. The number of aromatic nitrogens is 1. The van der Waals surface area contributed by atoms with Crippen LogP contribution in [0.4, 0.5) is 4.39 Å². The molecule has 1 heterocycles. The number of hydrogen-bond donors (Lipinski definition) is 0. The van der Waals surface area contributed by atoms with E-state index >= 15 is 0 Å². The third-order valence-corrected chi connectivity index (χ3v) is 1.37. The van der Waals surface area contributed by atoms with Crippen LogP contribution < -0.4 is 5.46 Å². The first-order chi connectivity index (χ1) is 4.20. The molecule has 0 atom stereocenters. The molecular formula is C5H2BBrFN. The third kappa shape index (κ3) is 1.51. The Balaban J connectivity index is 3.17. The van der Waals surface area contributed by atoms with Crippen LogP contribution in [-0.2, 0) is 0 Å². The first-order valence-electron chi connectivity index (χ1n) is 2.26. The fourth-order valence-electron chi connectivity index (χ4n) is 0.436. The van der Waals surface area contributed by atoms with E-state index in [9.17, 15) is 4.39 Å². The molecule has 0 aromatic carbocycles. The summed E-state index contributed by atoms with van der Waals surface area (Å²) in [7, 11) is 5.27. The van der Waals surface area contributed by atoms with Gasteiger partial charge in [0.1, 0.15) is 7.85 Å². The SMILES string of the molecule is [B]c1cnc(F)c(Br)c1. The maximum atomic E-state index is 12.3. The summed E-state index contributed by atoms with van der Waals surface area (Å²) in [4.78, 5) is 3.34. The minimum Gasteiger partial charge on any atom is -0.228 e. The molecule has 0 bridgehead atoms. The van der Waals surface area contributed by atoms with Crippen molar-refractivity contribution in [2.75, 3.05) is 0 Å². The molecule has 0 N–H and O–H groups in total. The van der Waals surface area contributed by atoms with Crippen LogP contribution in [-0.4, -0.2) is 12.8 Å². The van der Waals surface area contributed by atoms with Crippen molar-refractivity contribution in [2.45, 2.75) is 0 Å². The minimum atomic E-state index is -0.538. The maximum absolute atomic E-state index is 12.3. The summed E-state index contributed by atoms with van der Waals surface area (Å²) in [6.07, 6.45) is 1.26. The van der Waals surface area contributed by atoms with Crippen LogP contribution >= 0.6 is 15.9 Å². The Bertz CT molecular complexity index is 228. The zero-order valence-corrected chi connectivity index (χ0v) is 6.02. The monoisotopic (exact) mass is 185 g/mol. The summed E-state index contributed by atoms with van der Waals surface area (Å²) >= 11 is 2.93. The molecule has 4 heteroatoms. The Morgan fingerprint density at radius 1 is 1.67 bits per heavy atom. The zero-order chi connectivity index (χ0) is 6.85. The van der Waals surface area contributed by atoms with Gasteiger partial charge in [0, 0.05) is 6.20 Å². The van der Waals surface area contributed by atoms with Crippen LogP contribution in [0.5, 0.6) is 0 Å². The van der Waals surface area contributed by atoms with Gasteiger partial charge in [0.05, 0.1) is 4.47 Å². The van der Waals surface area contributed by atoms with Crippen molar-refractivity contribution in [1.82, 2.24) is 4.98 Å². The van der Waals surface area contributed by atoms with Gasteiger partial charge >= 0.3 is 0 Å². The summed E-state index contributed by atoms with van der Waals surface area (Å²) in [6, 6.07) is 1.46. The van der Waals surface area contributed by atoms with Crippen molar-refractivity contribution in [3.8, 4) is 0 Å². The summed E-state index contributed by atoms with van der Waals surface area (Å²) in [5, 5.41) is 0. The van der Waals surface area contributed by atoms with Crippen LogP contribution in [0.3, 0.4) is 0 Å². The van der Waals surface area contributed by atoms with Gasteiger partial charge < -0.3 is 0 Å². The van der Waals surface area contributed by atoms with E-state index in [4.69, 9.17) is 7.85 Å². The van der Waals surface area contributed by atoms with Gasteiger partial charge in [-0.25, -0.2) is 4.98 Å². The Labute approximate surface area is 61.8 Å². The van der Waals surface area contributed by atoms with E-state index in [1.54, 1.807) is 0 Å². The molecule has 2 radical (unpaired) electrons. The van der Waals surface area contributed by atoms with Gasteiger partial charge in [0.2, 0.25) is 5.95 Å². The summed E-state index contributed by atoms with van der Waals surface area (Å²) in [5.41, 5.74) is 0.447. The lowest BCUT2D eigenvalue weighted by molar-refractivity contribution is 0.577. The lowest BCUT2D eigenvalue weighted by atomic mass is 9.99. The van der Waals surface area contributed by atoms with Crippen LogP contribution in [0.1, 0.15) is 0 Å². The predicted molar refractivity (Wildman–Crippen MR) is 37.3 cm³/mol. The molecule has 1 aromatic rings. The second-order valence-electron chi connectivity index (χ2n) is 1.54. The molecule has 0 amide bonds. The fourth-order valence-corrected chi connectivity index (χ4v) is 0.803. The first kappa shape index (κ1) is 6.74. The topological polar surface area (TPSA) is 12.9 Å². The molecule has 1 aromatic heterocycles. The van der Waals surface area contributed by atoms with Gasteiger partial charge in [0.25, 0.3) is 0 Å². The van der Waals surface area contributed by atoms with E-state index in [1.807, 2.05) is 0 Å². The molecule has 1 nitrogen and oxygen atoms in total. The third-order valence-electron chi connectivity index (χ3n) is 0.817. The second kappa shape index (κ2) is 2.48. The van der Waals surface area contributed by atoms with Crippen molar-refractivity contribution in [3.63, 3.8) is 0 Å². The second-order valence-corrected chi connectivity index (χ2v) is 2.40. The highest BCUT2D eigenvalue weighted by molar-refractivity contribution is 9.10. The highest BCUT2D eigenvalue weighted by Gasteiger charge is 1.96. The average Bonchev–Trinajstić information content (AvgIpc) is 1.80. The van der Waals surface area contributed by atoms with Crippen LogP contribution in [0.25, 0.3) is 0 Å². The van der Waals surface area contributed by atoms with E-state index in [0.29, 0.717) is 9.94 Å². The fraction of sp³-hybridized carbons (Fsp3) is 0. The Morgan fingerprint density at radius 3 is 2.78 bits per heavy atom. The smallest absolute Gasteiger partial charge is 0.227 e. The molecule has 0 saturated carbocycles. The van der Waals surface area contributed by atoms with E-state index in [-0.39, 0.29) is 0 Å². The van der Waals surface area contributed by atoms with Crippen molar-refractivity contribution in [2.24, 2.45) is 0 Å². The van der Waals surface area contributed by atoms with Crippen molar-refractivity contribution in [3.05, 3.63) is 22.7 Å². The maximum Gasteiger partial charge on any atom is 0.227 e. The Hall–Kier alpha value is -0.375. The highest BCUT2D eigenvalue weighted by atomic mass is 79.9. The van der Waals surface area contributed by atoms with E-state index in [2.05, 4.69) is 20.9 Å². The summed E-state index contributed by atoms with van der Waals surface area (Å²) in [6.45, 7) is 0. The molecule has 0 fully saturated rings. The molecule has 44 valence electrons.